The Morgan fingerprint density at radius 2 is 1.80 bits per heavy atom. The molecule has 0 aliphatic heterocycles. The van der Waals surface area contributed by atoms with Gasteiger partial charge < -0.3 is 9.47 Å². The molecule has 1 aromatic rings. The van der Waals surface area contributed by atoms with Crippen LogP contribution in [0.15, 0.2) is 18.2 Å². The molecule has 0 heterocycles. The molecule has 0 amide bonds. The summed E-state index contributed by atoms with van der Waals surface area (Å²) in [6, 6.07) is 4.81. The molecule has 0 saturated carbocycles. The third-order valence-corrected chi connectivity index (χ3v) is 3.58. The Morgan fingerprint density at radius 1 is 1.20 bits per heavy atom. The maximum absolute atomic E-state index is 11.4. The van der Waals surface area contributed by atoms with Crippen molar-refractivity contribution in [2.24, 2.45) is 5.84 Å². The molecule has 1 unspecified atom stereocenters. The lowest BCUT2D eigenvalue weighted by Gasteiger charge is -2.18. The van der Waals surface area contributed by atoms with Crippen molar-refractivity contribution in [2.45, 2.75) is 19.9 Å². The number of ether oxygens (including phenoxy) is 2. The van der Waals surface area contributed by atoms with Gasteiger partial charge in [0.2, 0.25) is 0 Å². The monoisotopic (exact) mass is 302 g/mol. The first-order valence-electron chi connectivity index (χ1n) is 6.44. The van der Waals surface area contributed by atoms with Crippen LogP contribution in [0, 0.1) is 0 Å². The summed E-state index contributed by atoms with van der Waals surface area (Å²) >= 11 is 0. The molecule has 1 atom stereocenters. The Hall–Kier alpha value is -1.31. The second-order valence-electron chi connectivity index (χ2n) is 4.38. The van der Waals surface area contributed by atoms with E-state index < -0.39 is 15.9 Å². The summed E-state index contributed by atoms with van der Waals surface area (Å²) in [5.74, 6) is 6.58. The third kappa shape index (κ3) is 4.99. The molecule has 0 aliphatic rings. The van der Waals surface area contributed by atoms with E-state index in [1.165, 1.54) is 6.26 Å². The highest BCUT2D eigenvalue weighted by Gasteiger charge is 2.18. The van der Waals surface area contributed by atoms with Crippen LogP contribution in [0.5, 0.6) is 11.5 Å². The van der Waals surface area contributed by atoms with Gasteiger partial charge in [0.15, 0.2) is 11.5 Å². The Labute approximate surface area is 120 Å². The van der Waals surface area contributed by atoms with E-state index in [0.717, 1.165) is 5.56 Å². The highest BCUT2D eigenvalue weighted by atomic mass is 32.2. The molecule has 1 aromatic carbocycles. The van der Waals surface area contributed by atoms with Gasteiger partial charge in [-0.1, -0.05) is 6.07 Å². The standard InChI is InChI=1S/C13H22N2O4S/c1-4-18-12-7-6-10(8-13(12)19-5-2)11(15-14)9-20(3,16)17/h6-8,11,15H,4-5,9,14H2,1-3H3. The summed E-state index contributed by atoms with van der Waals surface area (Å²) in [6.07, 6.45) is 1.18. The molecule has 0 aromatic heterocycles. The summed E-state index contributed by atoms with van der Waals surface area (Å²) in [7, 11) is -3.14. The van der Waals surface area contributed by atoms with E-state index in [1.807, 2.05) is 13.8 Å². The molecule has 114 valence electrons. The van der Waals surface area contributed by atoms with Gasteiger partial charge >= 0.3 is 0 Å². The molecule has 0 aliphatic carbocycles. The van der Waals surface area contributed by atoms with Gasteiger partial charge in [-0.05, 0) is 31.5 Å². The fraction of sp³-hybridized carbons (Fsp3) is 0.538. The topological polar surface area (TPSA) is 90.7 Å². The fourth-order valence-corrected chi connectivity index (χ4v) is 2.72. The van der Waals surface area contributed by atoms with Crippen molar-refractivity contribution in [1.82, 2.24) is 5.43 Å². The molecular formula is C13H22N2O4S. The minimum Gasteiger partial charge on any atom is -0.490 e. The maximum Gasteiger partial charge on any atom is 0.161 e. The highest BCUT2D eigenvalue weighted by Crippen LogP contribution is 2.31. The summed E-state index contributed by atoms with van der Waals surface area (Å²) in [5.41, 5.74) is 3.26. The molecule has 0 spiro atoms. The minimum atomic E-state index is -3.14. The zero-order valence-electron chi connectivity index (χ0n) is 12.0. The van der Waals surface area contributed by atoms with Gasteiger partial charge in [-0.2, -0.15) is 0 Å². The summed E-state index contributed by atoms with van der Waals surface area (Å²) in [5, 5.41) is 0. The third-order valence-electron chi connectivity index (χ3n) is 2.64. The zero-order chi connectivity index (χ0) is 15.2. The van der Waals surface area contributed by atoms with Crippen LogP contribution in [0.1, 0.15) is 25.5 Å². The molecule has 1 rings (SSSR count). The van der Waals surface area contributed by atoms with Crippen LogP contribution >= 0.6 is 0 Å². The first-order valence-corrected chi connectivity index (χ1v) is 8.50. The van der Waals surface area contributed by atoms with Crippen LogP contribution in [0.3, 0.4) is 0 Å². The molecule has 7 heteroatoms. The van der Waals surface area contributed by atoms with Crippen molar-refractivity contribution >= 4 is 9.84 Å². The SMILES string of the molecule is CCOc1ccc(C(CS(C)(=O)=O)NN)cc1OCC. The second-order valence-corrected chi connectivity index (χ2v) is 6.57. The smallest absolute Gasteiger partial charge is 0.161 e. The Balaban J connectivity index is 3.07. The lowest BCUT2D eigenvalue weighted by atomic mass is 10.1. The normalized spacial score (nSPS) is 13.0. The second kappa shape index (κ2) is 7.47. The molecule has 0 radical (unpaired) electrons. The van der Waals surface area contributed by atoms with E-state index in [0.29, 0.717) is 24.7 Å². The van der Waals surface area contributed by atoms with Crippen molar-refractivity contribution in [3.8, 4) is 11.5 Å². The average molecular weight is 302 g/mol. The molecule has 0 fully saturated rings. The van der Waals surface area contributed by atoms with Crippen molar-refractivity contribution in [2.75, 3.05) is 25.2 Å². The number of hydrazine groups is 1. The van der Waals surface area contributed by atoms with Crippen molar-refractivity contribution in [3.63, 3.8) is 0 Å². The average Bonchev–Trinajstić information content (AvgIpc) is 2.37. The van der Waals surface area contributed by atoms with E-state index >= 15 is 0 Å². The zero-order valence-corrected chi connectivity index (χ0v) is 12.9. The van der Waals surface area contributed by atoms with Gasteiger partial charge in [0, 0.05) is 6.26 Å². The Kier molecular flexibility index (Phi) is 6.25. The number of benzene rings is 1. The van der Waals surface area contributed by atoms with Gasteiger partial charge in [0.1, 0.15) is 9.84 Å². The molecule has 0 bridgehead atoms. The summed E-state index contributed by atoms with van der Waals surface area (Å²) < 4.78 is 33.8. The highest BCUT2D eigenvalue weighted by molar-refractivity contribution is 7.90. The number of nitrogens with one attached hydrogen (secondary N) is 1. The van der Waals surface area contributed by atoms with E-state index in [4.69, 9.17) is 15.3 Å². The number of hydrogen-bond donors (Lipinski definition) is 2. The summed E-state index contributed by atoms with van der Waals surface area (Å²) in [6.45, 7) is 4.78. The maximum atomic E-state index is 11.4. The van der Waals surface area contributed by atoms with E-state index in [-0.39, 0.29) is 5.75 Å². The van der Waals surface area contributed by atoms with Crippen molar-refractivity contribution in [1.29, 1.82) is 0 Å². The lowest BCUT2D eigenvalue weighted by molar-refractivity contribution is 0.287. The van der Waals surface area contributed by atoms with Crippen molar-refractivity contribution < 1.29 is 17.9 Å². The minimum absolute atomic E-state index is 0.0803. The Bertz CT molecular complexity index is 531. The van der Waals surface area contributed by atoms with Crippen LogP contribution in [-0.2, 0) is 9.84 Å². The molecule has 20 heavy (non-hydrogen) atoms. The molecule has 3 N–H and O–H groups in total. The number of nitrogens with two attached hydrogens (primary N) is 1. The van der Waals surface area contributed by atoms with Crippen LogP contribution in [0.4, 0.5) is 0 Å². The van der Waals surface area contributed by atoms with Crippen molar-refractivity contribution in [3.05, 3.63) is 23.8 Å². The molecule has 6 nitrogen and oxygen atoms in total. The summed E-state index contributed by atoms with van der Waals surface area (Å²) in [4.78, 5) is 0. The molecular weight excluding hydrogens is 280 g/mol. The predicted octanol–water partition coefficient (Wildman–Crippen LogP) is 1.03. The Morgan fingerprint density at radius 3 is 2.30 bits per heavy atom. The van der Waals surface area contributed by atoms with E-state index in [9.17, 15) is 8.42 Å². The quantitative estimate of drug-likeness (QED) is 0.550. The lowest BCUT2D eigenvalue weighted by Crippen LogP contribution is -2.33. The van der Waals surface area contributed by atoms with E-state index in [1.54, 1.807) is 18.2 Å². The number of rotatable bonds is 8. The van der Waals surface area contributed by atoms with E-state index in [2.05, 4.69) is 5.43 Å². The predicted molar refractivity (Wildman–Crippen MR) is 78.6 cm³/mol. The number of hydrogen-bond acceptors (Lipinski definition) is 6. The first kappa shape index (κ1) is 16.7. The van der Waals surface area contributed by atoms with Gasteiger partial charge in [-0.15, -0.1) is 0 Å². The van der Waals surface area contributed by atoms with Crippen LogP contribution in [-0.4, -0.2) is 33.6 Å². The fourth-order valence-electron chi connectivity index (χ4n) is 1.83. The van der Waals surface area contributed by atoms with Crippen LogP contribution < -0.4 is 20.7 Å². The van der Waals surface area contributed by atoms with Gasteiger partial charge in [0.05, 0.1) is 25.0 Å². The van der Waals surface area contributed by atoms with Crippen LogP contribution in [0.25, 0.3) is 0 Å². The molecule has 0 saturated heterocycles. The van der Waals surface area contributed by atoms with Gasteiger partial charge in [-0.3, -0.25) is 11.3 Å². The first-order chi connectivity index (χ1) is 9.41. The van der Waals surface area contributed by atoms with Gasteiger partial charge in [-0.25, -0.2) is 8.42 Å². The van der Waals surface area contributed by atoms with Crippen LogP contribution in [0.2, 0.25) is 0 Å². The van der Waals surface area contributed by atoms with Gasteiger partial charge in [0.25, 0.3) is 0 Å². The largest absolute Gasteiger partial charge is 0.490 e. The number of sulfone groups is 1.